The highest BCUT2D eigenvalue weighted by atomic mass is 32.2. The Kier molecular flexibility index (Phi) is 5.17. The zero-order valence-corrected chi connectivity index (χ0v) is 13.1. The molecule has 0 unspecified atom stereocenters. The van der Waals surface area contributed by atoms with Crippen molar-refractivity contribution in [2.24, 2.45) is 5.92 Å². The Labute approximate surface area is 123 Å². The maximum Gasteiger partial charge on any atom is 0.310 e. The molecule has 7 heteroatoms. The molecule has 0 saturated carbocycles. The van der Waals surface area contributed by atoms with Crippen molar-refractivity contribution in [2.45, 2.75) is 19.3 Å². The van der Waals surface area contributed by atoms with Crippen LogP contribution in [0.1, 0.15) is 17.7 Å². The molecule has 1 aromatic heterocycles. The van der Waals surface area contributed by atoms with Gasteiger partial charge in [0.2, 0.25) is 10.0 Å². The number of carbonyl (C=O) groups excluding carboxylic acids is 1. The number of sulfonamides is 1. The molecular formula is C13H19NO4S2. The molecule has 0 amide bonds. The molecule has 2 heterocycles. The Morgan fingerprint density at radius 2 is 2.35 bits per heavy atom. The molecule has 0 bridgehead atoms. The van der Waals surface area contributed by atoms with E-state index in [1.165, 1.54) is 15.4 Å². The second kappa shape index (κ2) is 6.69. The number of piperidine rings is 1. The fourth-order valence-corrected chi connectivity index (χ4v) is 3.86. The minimum absolute atomic E-state index is 0.247. The van der Waals surface area contributed by atoms with Gasteiger partial charge in [-0.2, -0.15) is 0 Å². The summed E-state index contributed by atoms with van der Waals surface area (Å²) in [4.78, 5) is 13.1. The van der Waals surface area contributed by atoms with E-state index in [2.05, 4.69) is 0 Å². The maximum atomic E-state index is 12.0. The van der Waals surface area contributed by atoms with Crippen molar-refractivity contribution in [1.82, 2.24) is 4.31 Å². The molecule has 1 aliphatic rings. The van der Waals surface area contributed by atoms with Crippen LogP contribution in [-0.4, -0.2) is 44.6 Å². The Morgan fingerprint density at radius 3 is 3.00 bits per heavy atom. The Bertz CT molecular complexity index is 539. The van der Waals surface area contributed by atoms with Crippen LogP contribution in [0, 0.1) is 5.92 Å². The molecule has 2 rings (SSSR count). The van der Waals surface area contributed by atoms with Gasteiger partial charge in [0.1, 0.15) is 0 Å². The third-order valence-electron chi connectivity index (χ3n) is 3.36. The van der Waals surface area contributed by atoms with E-state index in [0.29, 0.717) is 32.4 Å². The second-order valence-corrected chi connectivity index (χ2v) is 7.97. The number of ether oxygens (including phenoxy) is 1. The van der Waals surface area contributed by atoms with Gasteiger partial charge in [0.05, 0.1) is 18.8 Å². The van der Waals surface area contributed by atoms with Gasteiger partial charge in [-0.15, -0.1) is 11.3 Å². The van der Waals surface area contributed by atoms with Gasteiger partial charge in [0.25, 0.3) is 0 Å². The van der Waals surface area contributed by atoms with Crippen LogP contribution < -0.4 is 0 Å². The first kappa shape index (κ1) is 15.5. The molecule has 5 nitrogen and oxygen atoms in total. The van der Waals surface area contributed by atoms with Crippen molar-refractivity contribution < 1.29 is 17.9 Å². The predicted molar refractivity (Wildman–Crippen MR) is 78.1 cm³/mol. The Morgan fingerprint density at radius 1 is 1.55 bits per heavy atom. The largest absolute Gasteiger partial charge is 0.465 e. The molecule has 1 atom stereocenters. The van der Waals surface area contributed by atoms with Gasteiger partial charge in [-0.25, -0.2) is 12.7 Å². The van der Waals surface area contributed by atoms with Crippen LogP contribution >= 0.6 is 11.3 Å². The van der Waals surface area contributed by atoms with Crippen molar-refractivity contribution in [1.29, 1.82) is 0 Å². The van der Waals surface area contributed by atoms with E-state index in [-0.39, 0.29) is 18.4 Å². The minimum atomic E-state index is -3.22. The van der Waals surface area contributed by atoms with Crippen LogP contribution in [0.5, 0.6) is 0 Å². The van der Waals surface area contributed by atoms with Gasteiger partial charge in [-0.1, -0.05) is 6.07 Å². The zero-order valence-electron chi connectivity index (χ0n) is 11.4. The standard InChI is InChI=1S/C13H19NO4S2/c1-20(16,17)14-7-2-4-11(10-14)13(15)18-8-6-12-5-3-9-19-12/h3,5,9,11H,2,4,6-8,10H2,1H3/t11-/m0/s1. The van der Waals surface area contributed by atoms with E-state index in [1.807, 2.05) is 17.5 Å². The lowest BCUT2D eigenvalue weighted by molar-refractivity contribution is -0.149. The SMILES string of the molecule is CS(=O)(=O)N1CCC[C@H](C(=O)OCCc2cccs2)C1. The Balaban J connectivity index is 1.80. The molecule has 1 aromatic rings. The van der Waals surface area contributed by atoms with E-state index < -0.39 is 10.0 Å². The normalized spacial score (nSPS) is 20.8. The van der Waals surface area contributed by atoms with Crippen LogP contribution in [0.3, 0.4) is 0 Å². The molecule has 0 N–H and O–H groups in total. The topological polar surface area (TPSA) is 63.7 Å². The van der Waals surface area contributed by atoms with Crippen molar-refractivity contribution in [3.63, 3.8) is 0 Å². The van der Waals surface area contributed by atoms with E-state index in [4.69, 9.17) is 4.74 Å². The van der Waals surface area contributed by atoms with Crippen LogP contribution in [-0.2, 0) is 26.0 Å². The van der Waals surface area contributed by atoms with Crippen LogP contribution in [0.4, 0.5) is 0 Å². The number of nitrogens with zero attached hydrogens (tertiary/aromatic N) is 1. The molecular weight excluding hydrogens is 298 g/mol. The highest BCUT2D eigenvalue weighted by Gasteiger charge is 2.30. The fourth-order valence-electron chi connectivity index (χ4n) is 2.26. The number of carbonyl (C=O) groups is 1. The predicted octanol–water partition coefficient (Wildman–Crippen LogP) is 1.51. The van der Waals surface area contributed by atoms with Gasteiger partial charge in [0, 0.05) is 24.4 Å². The molecule has 1 saturated heterocycles. The first-order valence-corrected chi connectivity index (χ1v) is 9.34. The summed E-state index contributed by atoms with van der Waals surface area (Å²) in [6.07, 6.45) is 3.30. The van der Waals surface area contributed by atoms with E-state index in [0.717, 1.165) is 0 Å². The summed E-state index contributed by atoms with van der Waals surface area (Å²) in [5, 5.41) is 1.99. The van der Waals surface area contributed by atoms with Crippen LogP contribution in [0.2, 0.25) is 0 Å². The molecule has 0 radical (unpaired) electrons. The number of hydrogen-bond donors (Lipinski definition) is 0. The summed E-state index contributed by atoms with van der Waals surface area (Å²) < 4.78 is 29.6. The monoisotopic (exact) mass is 317 g/mol. The smallest absolute Gasteiger partial charge is 0.310 e. The lowest BCUT2D eigenvalue weighted by Crippen LogP contribution is -2.42. The molecule has 20 heavy (non-hydrogen) atoms. The highest BCUT2D eigenvalue weighted by molar-refractivity contribution is 7.88. The third-order valence-corrected chi connectivity index (χ3v) is 5.57. The van der Waals surface area contributed by atoms with Gasteiger partial charge in [-0.3, -0.25) is 4.79 Å². The number of rotatable bonds is 5. The average molecular weight is 317 g/mol. The van der Waals surface area contributed by atoms with E-state index >= 15 is 0 Å². The van der Waals surface area contributed by atoms with Crippen LogP contribution in [0.25, 0.3) is 0 Å². The quantitative estimate of drug-likeness (QED) is 0.772. The second-order valence-electron chi connectivity index (χ2n) is 4.96. The van der Waals surface area contributed by atoms with Gasteiger partial charge in [0.15, 0.2) is 0 Å². The number of hydrogen-bond acceptors (Lipinski definition) is 5. The zero-order chi connectivity index (χ0) is 14.6. The van der Waals surface area contributed by atoms with Gasteiger partial charge < -0.3 is 4.74 Å². The fraction of sp³-hybridized carbons (Fsp3) is 0.615. The molecule has 0 spiro atoms. The summed E-state index contributed by atoms with van der Waals surface area (Å²) >= 11 is 1.64. The number of thiophene rings is 1. The molecule has 112 valence electrons. The van der Waals surface area contributed by atoms with Crippen molar-refractivity contribution in [3.8, 4) is 0 Å². The van der Waals surface area contributed by atoms with Gasteiger partial charge >= 0.3 is 5.97 Å². The van der Waals surface area contributed by atoms with E-state index in [1.54, 1.807) is 11.3 Å². The summed E-state index contributed by atoms with van der Waals surface area (Å²) in [6.45, 7) is 1.10. The van der Waals surface area contributed by atoms with Crippen molar-refractivity contribution in [2.75, 3.05) is 26.0 Å². The summed E-state index contributed by atoms with van der Waals surface area (Å²) in [5.41, 5.74) is 0. The molecule has 1 fully saturated rings. The van der Waals surface area contributed by atoms with Gasteiger partial charge in [-0.05, 0) is 24.3 Å². The van der Waals surface area contributed by atoms with Crippen LogP contribution in [0.15, 0.2) is 17.5 Å². The minimum Gasteiger partial charge on any atom is -0.465 e. The first-order valence-electron chi connectivity index (χ1n) is 6.61. The average Bonchev–Trinajstić information content (AvgIpc) is 2.91. The maximum absolute atomic E-state index is 12.0. The van der Waals surface area contributed by atoms with Crippen molar-refractivity contribution in [3.05, 3.63) is 22.4 Å². The third kappa shape index (κ3) is 4.29. The summed E-state index contributed by atoms with van der Waals surface area (Å²) in [7, 11) is -3.22. The molecule has 0 aromatic carbocycles. The lowest BCUT2D eigenvalue weighted by Gasteiger charge is -2.29. The van der Waals surface area contributed by atoms with E-state index in [9.17, 15) is 13.2 Å². The summed E-state index contributed by atoms with van der Waals surface area (Å²) in [5.74, 6) is -0.614. The highest BCUT2D eigenvalue weighted by Crippen LogP contribution is 2.20. The van der Waals surface area contributed by atoms with Crippen molar-refractivity contribution >= 4 is 27.3 Å². The molecule has 0 aliphatic carbocycles. The number of esters is 1. The first-order chi connectivity index (χ1) is 9.47. The molecule has 1 aliphatic heterocycles. The summed E-state index contributed by atoms with van der Waals surface area (Å²) in [6, 6.07) is 3.97. The Hall–Kier alpha value is -0.920. The lowest BCUT2D eigenvalue weighted by atomic mass is 10.00.